The number of nitrogens with one attached hydrogen (secondary N) is 2. The lowest BCUT2D eigenvalue weighted by Crippen LogP contribution is -2.51. The number of hydrogen-bond donors (Lipinski definition) is 2. The molecular weight excluding hydrogens is 392 g/mol. The highest BCUT2D eigenvalue weighted by Gasteiger charge is 2.52. The number of carbonyl (C=O) groups excluding carboxylic acids is 3. The summed E-state index contributed by atoms with van der Waals surface area (Å²) in [4.78, 5) is 36.8. The van der Waals surface area contributed by atoms with Gasteiger partial charge in [0.25, 0.3) is 5.91 Å². The third kappa shape index (κ3) is 7.70. The molecule has 0 saturated carbocycles. The molecule has 0 bridgehead atoms. The summed E-state index contributed by atoms with van der Waals surface area (Å²) in [5, 5.41) is 5.68. The van der Waals surface area contributed by atoms with E-state index in [0.717, 1.165) is 24.2 Å². The first-order chi connectivity index (χ1) is 14.0. The Morgan fingerprint density at radius 3 is 2.52 bits per heavy atom. The van der Waals surface area contributed by atoms with E-state index in [4.69, 9.17) is 9.47 Å². The molecule has 0 aliphatic carbocycles. The van der Waals surface area contributed by atoms with E-state index in [1.807, 2.05) is 37.3 Å². The standard InChI is InChI=1S/C21H30N2O5S/c1-4-9-14(3)22-19(24)16(13-29-12-15-10-7-6-8-11-15)23-20(25)17-18(28-17)21(26)27-5-2/h6-8,10-11,14,16-18H,4-5,9,12-13H2,1-3H3,(H,22,24)(H,23,25)/t14?,16?,17-,18-/m0/s1. The maximum Gasteiger partial charge on any atom is 0.338 e. The van der Waals surface area contributed by atoms with Crippen LogP contribution in [0, 0.1) is 0 Å². The van der Waals surface area contributed by atoms with Crippen molar-refractivity contribution in [2.24, 2.45) is 0 Å². The first kappa shape index (κ1) is 23.2. The van der Waals surface area contributed by atoms with Crippen molar-refractivity contribution in [3.05, 3.63) is 35.9 Å². The Morgan fingerprint density at radius 1 is 1.14 bits per heavy atom. The molecule has 1 aromatic rings. The van der Waals surface area contributed by atoms with E-state index in [-0.39, 0.29) is 18.6 Å². The highest BCUT2D eigenvalue weighted by atomic mass is 32.2. The van der Waals surface area contributed by atoms with Gasteiger partial charge in [0.2, 0.25) is 5.91 Å². The number of hydrogen-bond acceptors (Lipinski definition) is 6. The van der Waals surface area contributed by atoms with E-state index in [2.05, 4.69) is 17.6 Å². The second-order valence-corrected chi connectivity index (χ2v) is 8.02. The second-order valence-electron chi connectivity index (χ2n) is 6.99. The third-order valence-electron chi connectivity index (χ3n) is 4.41. The minimum Gasteiger partial charge on any atom is -0.464 e. The number of ether oxygens (including phenoxy) is 2. The zero-order valence-corrected chi connectivity index (χ0v) is 18.0. The molecule has 0 spiro atoms. The van der Waals surface area contributed by atoms with Crippen molar-refractivity contribution in [1.82, 2.24) is 10.6 Å². The van der Waals surface area contributed by atoms with E-state index >= 15 is 0 Å². The van der Waals surface area contributed by atoms with Crippen LogP contribution in [0.25, 0.3) is 0 Å². The molecule has 1 fully saturated rings. The number of thioether (sulfide) groups is 1. The molecule has 1 aliphatic rings. The molecule has 4 atom stereocenters. The van der Waals surface area contributed by atoms with Crippen LogP contribution in [0.15, 0.2) is 30.3 Å². The molecule has 0 radical (unpaired) electrons. The summed E-state index contributed by atoms with van der Waals surface area (Å²) in [7, 11) is 0. The molecule has 2 rings (SSSR count). The molecule has 160 valence electrons. The molecule has 2 unspecified atom stereocenters. The molecule has 1 aliphatic heterocycles. The molecule has 1 aromatic carbocycles. The van der Waals surface area contributed by atoms with Gasteiger partial charge in [0.15, 0.2) is 12.2 Å². The van der Waals surface area contributed by atoms with Gasteiger partial charge in [-0.25, -0.2) is 4.79 Å². The Hall–Kier alpha value is -2.06. The SMILES string of the molecule is CCCC(C)NC(=O)C(CSCc1ccccc1)NC(=O)[C@H]1O[C@@H]1C(=O)OCC. The minimum atomic E-state index is -0.892. The van der Waals surface area contributed by atoms with Gasteiger partial charge >= 0.3 is 5.97 Å². The first-order valence-corrected chi connectivity index (χ1v) is 11.2. The predicted octanol–water partition coefficient (Wildman–Crippen LogP) is 2.04. The summed E-state index contributed by atoms with van der Waals surface area (Å²) in [6.07, 6.45) is 0.0460. The zero-order chi connectivity index (χ0) is 21.2. The normalized spacial score (nSPS) is 19.7. The fourth-order valence-corrected chi connectivity index (χ4v) is 3.89. The van der Waals surface area contributed by atoms with Crippen LogP contribution in [0.2, 0.25) is 0 Å². The van der Waals surface area contributed by atoms with Gasteiger partial charge in [-0.15, -0.1) is 0 Å². The van der Waals surface area contributed by atoms with Crippen molar-refractivity contribution in [1.29, 1.82) is 0 Å². The van der Waals surface area contributed by atoms with Crippen molar-refractivity contribution >= 4 is 29.5 Å². The molecular formula is C21H30N2O5S. The summed E-state index contributed by atoms with van der Waals surface area (Å²) in [5.74, 6) is -0.0955. The number of rotatable bonds is 12. The van der Waals surface area contributed by atoms with Gasteiger partial charge in [0.1, 0.15) is 6.04 Å². The average Bonchev–Trinajstić information content (AvgIpc) is 3.49. The molecule has 1 heterocycles. The van der Waals surface area contributed by atoms with Crippen LogP contribution >= 0.6 is 11.8 Å². The van der Waals surface area contributed by atoms with E-state index < -0.39 is 30.1 Å². The quantitative estimate of drug-likeness (QED) is 0.395. The van der Waals surface area contributed by atoms with Crippen molar-refractivity contribution < 1.29 is 23.9 Å². The zero-order valence-electron chi connectivity index (χ0n) is 17.2. The summed E-state index contributed by atoms with van der Waals surface area (Å²) < 4.78 is 10.0. The number of carbonyl (C=O) groups is 3. The fourth-order valence-electron chi connectivity index (χ4n) is 2.87. The highest BCUT2D eigenvalue weighted by Crippen LogP contribution is 2.24. The Morgan fingerprint density at radius 2 is 1.86 bits per heavy atom. The lowest BCUT2D eigenvalue weighted by Gasteiger charge is -2.21. The van der Waals surface area contributed by atoms with Crippen molar-refractivity contribution in [3.8, 4) is 0 Å². The average molecular weight is 423 g/mol. The predicted molar refractivity (Wildman–Crippen MR) is 112 cm³/mol. The number of epoxide rings is 1. The number of amides is 2. The summed E-state index contributed by atoms with van der Waals surface area (Å²) >= 11 is 1.56. The summed E-state index contributed by atoms with van der Waals surface area (Å²) in [6.45, 7) is 5.91. The van der Waals surface area contributed by atoms with E-state index in [1.165, 1.54) is 0 Å². The van der Waals surface area contributed by atoms with Crippen LogP contribution in [-0.4, -0.2) is 54.4 Å². The Balaban J connectivity index is 1.91. The monoisotopic (exact) mass is 422 g/mol. The molecule has 2 amide bonds. The number of benzene rings is 1. The lowest BCUT2D eigenvalue weighted by molar-refractivity contribution is -0.144. The number of esters is 1. The van der Waals surface area contributed by atoms with Crippen LogP contribution < -0.4 is 10.6 Å². The van der Waals surface area contributed by atoms with Gasteiger partial charge in [0.05, 0.1) is 6.61 Å². The van der Waals surface area contributed by atoms with Crippen LogP contribution in [0.1, 0.15) is 39.2 Å². The van der Waals surface area contributed by atoms with Gasteiger partial charge in [0, 0.05) is 17.5 Å². The topological polar surface area (TPSA) is 97.0 Å². The maximum absolute atomic E-state index is 12.7. The largest absolute Gasteiger partial charge is 0.464 e. The van der Waals surface area contributed by atoms with Crippen LogP contribution in [0.3, 0.4) is 0 Å². The smallest absolute Gasteiger partial charge is 0.338 e. The van der Waals surface area contributed by atoms with Crippen LogP contribution in [0.5, 0.6) is 0 Å². The molecule has 7 nitrogen and oxygen atoms in total. The van der Waals surface area contributed by atoms with Gasteiger partial charge in [-0.05, 0) is 25.8 Å². The molecule has 8 heteroatoms. The molecule has 2 N–H and O–H groups in total. The van der Waals surface area contributed by atoms with Crippen LogP contribution in [-0.2, 0) is 29.6 Å². The van der Waals surface area contributed by atoms with Crippen molar-refractivity contribution in [2.45, 2.75) is 63.7 Å². The lowest BCUT2D eigenvalue weighted by atomic mass is 10.2. The van der Waals surface area contributed by atoms with Crippen molar-refractivity contribution in [3.63, 3.8) is 0 Å². The minimum absolute atomic E-state index is 0.0236. The molecule has 29 heavy (non-hydrogen) atoms. The fraction of sp³-hybridized carbons (Fsp3) is 0.571. The Labute approximate surface area is 176 Å². The Kier molecular flexibility index (Phi) is 9.47. The van der Waals surface area contributed by atoms with Crippen LogP contribution in [0.4, 0.5) is 0 Å². The third-order valence-corrected chi connectivity index (χ3v) is 5.51. The summed E-state index contributed by atoms with van der Waals surface area (Å²) in [5.41, 5.74) is 1.15. The van der Waals surface area contributed by atoms with E-state index in [9.17, 15) is 14.4 Å². The first-order valence-electron chi connectivity index (χ1n) is 10.0. The molecule has 1 saturated heterocycles. The second kappa shape index (κ2) is 11.8. The van der Waals surface area contributed by atoms with Gasteiger partial charge in [-0.3, -0.25) is 9.59 Å². The summed E-state index contributed by atoms with van der Waals surface area (Å²) in [6, 6.07) is 9.24. The van der Waals surface area contributed by atoms with E-state index in [0.29, 0.717) is 5.75 Å². The Bertz CT molecular complexity index is 685. The highest BCUT2D eigenvalue weighted by molar-refractivity contribution is 7.98. The molecule has 0 aromatic heterocycles. The maximum atomic E-state index is 12.7. The van der Waals surface area contributed by atoms with E-state index in [1.54, 1.807) is 18.7 Å². The van der Waals surface area contributed by atoms with Gasteiger partial charge in [-0.2, -0.15) is 11.8 Å². The van der Waals surface area contributed by atoms with Gasteiger partial charge < -0.3 is 20.1 Å². The van der Waals surface area contributed by atoms with Crippen molar-refractivity contribution in [2.75, 3.05) is 12.4 Å². The van der Waals surface area contributed by atoms with Gasteiger partial charge in [-0.1, -0.05) is 43.7 Å².